The number of hydrogen-bond donors (Lipinski definition) is 1. The Bertz CT molecular complexity index is 1020. The molecule has 1 aliphatic heterocycles. The molecule has 4 rings (SSSR count). The summed E-state index contributed by atoms with van der Waals surface area (Å²) in [6, 6.07) is 11.2. The van der Waals surface area contributed by atoms with Crippen molar-refractivity contribution in [2.24, 2.45) is 11.7 Å². The monoisotopic (exact) mass is 435 g/mol. The molecule has 6 heteroatoms. The quantitative estimate of drug-likeness (QED) is 0.538. The van der Waals surface area contributed by atoms with Crippen LogP contribution in [0.4, 0.5) is 13.2 Å². The number of ether oxygens (including phenoxy) is 1. The minimum atomic E-state index is -1.21. The highest BCUT2D eigenvalue weighted by molar-refractivity contribution is 9.10. The fraction of sp³-hybridized carbons (Fsp3) is 0.238. The van der Waals surface area contributed by atoms with E-state index in [9.17, 15) is 13.2 Å². The van der Waals surface area contributed by atoms with Crippen molar-refractivity contribution in [3.63, 3.8) is 0 Å². The Morgan fingerprint density at radius 2 is 1.74 bits per heavy atom. The van der Waals surface area contributed by atoms with Gasteiger partial charge in [0.2, 0.25) is 0 Å². The van der Waals surface area contributed by atoms with Crippen LogP contribution in [-0.4, -0.2) is 6.54 Å². The lowest BCUT2D eigenvalue weighted by molar-refractivity contribution is 0.106. The molecule has 0 aromatic heterocycles. The van der Waals surface area contributed by atoms with Crippen LogP contribution in [0.3, 0.4) is 0 Å². The van der Waals surface area contributed by atoms with Crippen LogP contribution in [0.1, 0.15) is 23.7 Å². The van der Waals surface area contributed by atoms with E-state index in [4.69, 9.17) is 10.5 Å². The van der Waals surface area contributed by atoms with Gasteiger partial charge in [-0.05, 0) is 54.4 Å². The van der Waals surface area contributed by atoms with E-state index in [1.54, 1.807) is 0 Å². The largest absolute Gasteiger partial charge is 0.485 e. The van der Waals surface area contributed by atoms with Crippen LogP contribution in [-0.2, 0) is 6.42 Å². The van der Waals surface area contributed by atoms with E-state index in [0.717, 1.165) is 26.9 Å². The lowest BCUT2D eigenvalue weighted by atomic mass is 9.83. The van der Waals surface area contributed by atoms with Gasteiger partial charge in [-0.15, -0.1) is 0 Å². The summed E-state index contributed by atoms with van der Waals surface area (Å²) in [5, 5.41) is 2.12. The zero-order valence-electron chi connectivity index (χ0n) is 14.3. The summed E-state index contributed by atoms with van der Waals surface area (Å²) in [7, 11) is 0. The number of halogens is 4. The van der Waals surface area contributed by atoms with Crippen LogP contribution in [0.15, 0.2) is 46.9 Å². The van der Waals surface area contributed by atoms with E-state index in [2.05, 4.69) is 15.9 Å². The average molecular weight is 436 g/mol. The first-order valence-corrected chi connectivity index (χ1v) is 9.49. The summed E-state index contributed by atoms with van der Waals surface area (Å²) in [5.74, 6) is -2.63. The standard InChI is InChI=1S/C21H17BrF3NO/c22-13-3-1-11-2-4-20-15(14(11)8-13)7-12(5-6-26)21(27-20)16-9-18(24)19(25)10-17(16)23/h1-4,8-10,12,21H,5-7,26H2. The van der Waals surface area contributed by atoms with Gasteiger partial charge in [-0.2, -0.15) is 0 Å². The molecule has 3 aromatic carbocycles. The highest BCUT2D eigenvalue weighted by atomic mass is 79.9. The van der Waals surface area contributed by atoms with Gasteiger partial charge in [-0.25, -0.2) is 13.2 Å². The summed E-state index contributed by atoms with van der Waals surface area (Å²) in [6.07, 6.45) is 0.469. The van der Waals surface area contributed by atoms with E-state index in [-0.39, 0.29) is 11.5 Å². The van der Waals surface area contributed by atoms with Gasteiger partial charge in [0.15, 0.2) is 11.6 Å². The van der Waals surface area contributed by atoms with Gasteiger partial charge in [-0.1, -0.05) is 28.1 Å². The fourth-order valence-electron chi connectivity index (χ4n) is 3.80. The minimum absolute atomic E-state index is 0.0207. The molecule has 2 atom stereocenters. The number of nitrogens with two attached hydrogens (primary N) is 1. The van der Waals surface area contributed by atoms with Crippen molar-refractivity contribution in [3.05, 3.63) is 75.5 Å². The summed E-state index contributed by atoms with van der Waals surface area (Å²) in [5.41, 5.74) is 6.80. The predicted octanol–water partition coefficient (Wildman–Crippen LogP) is 5.66. The van der Waals surface area contributed by atoms with E-state index in [0.29, 0.717) is 31.2 Å². The summed E-state index contributed by atoms with van der Waals surface area (Å²) < 4.78 is 48.5. The second kappa shape index (κ2) is 7.17. The zero-order chi connectivity index (χ0) is 19.1. The number of fused-ring (bicyclic) bond motifs is 3. The van der Waals surface area contributed by atoms with E-state index >= 15 is 0 Å². The summed E-state index contributed by atoms with van der Waals surface area (Å²) in [6.45, 7) is 0.389. The van der Waals surface area contributed by atoms with Crippen molar-refractivity contribution >= 4 is 26.7 Å². The Hall–Kier alpha value is -2.05. The van der Waals surface area contributed by atoms with Gasteiger partial charge in [0.1, 0.15) is 17.7 Å². The van der Waals surface area contributed by atoms with Crippen LogP contribution in [0, 0.1) is 23.4 Å². The molecule has 2 unspecified atom stereocenters. The third kappa shape index (κ3) is 3.32. The summed E-state index contributed by atoms with van der Waals surface area (Å²) in [4.78, 5) is 0. The minimum Gasteiger partial charge on any atom is -0.485 e. The molecular formula is C21H17BrF3NO. The second-order valence-corrected chi connectivity index (χ2v) is 7.69. The lowest BCUT2D eigenvalue weighted by Crippen LogP contribution is -2.29. The molecule has 2 N–H and O–H groups in total. The Kier molecular flexibility index (Phi) is 4.86. The van der Waals surface area contributed by atoms with Gasteiger partial charge in [0, 0.05) is 27.6 Å². The molecule has 0 spiro atoms. The van der Waals surface area contributed by atoms with Crippen molar-refractivity contribution in [2.75, 3.05) is 6.54 Å². The van der Waals surface area contributed by atoms with E-state index < -0.39 is 23.6 Å². The second-order valence-electron chi connectivity index (χ2n) is 6.78. The molecule has 3 aromatic rings. The number of rotatable bonds is 3. The summed E-state index contributed by atoms with van der Waals surface area (Å²) >= 11 is 3.49. The maximum absolute atomic E-state index is 14.4. The molecule has 0 saturated heterocycles. The van der Waals surface area contributed by atoms with Crippen LogP contribution in [0.2, 0.25) is 0 Å². The van der Waals surface area contributed by atoms with E-state index in [1.165, 1.54) is 0 Å². The Morgan fingerprint density at radius 3 is 2.52 bits per heavy atom. The van der Waals surface area contributed by atoms with Crippen LogP contribution in [0.25, 0.3) is 10.8 Å². The van der Waals surface area contributed by atoms with Gasteiger partial charge in [-0.3, -0.25) is 0 Å². The maximum Gasteiger partial charge on any atom is 0.161 e. The van der Waals surface area contributed by atoms with Crippen LogP contribution < -0.4 is 10.5 Å². The molecule has 0 amide bonds. The molecule has 27 heavy (non-hydrogen) atoms. The molecule has 0 saturated carbocycles. The predicted molar refractivity (Wildman–Crippen MR) is 102 cm³/mol. The third-order valence-electron chi connectivity index (χ3n) is 5.08. The molecule has 0 aliphatic carbocycles. The first kappa shape index (κ1) is 18.3. The number of benzene rings is 3. The lowest BCUT2D eigenvalue weighted by Gasteiger charge is -2.35. The third-order valence-corrected chi connectivity index (χ3v) is 5.58. The fourth-order valence-corrected chi connectivity index (χ4v) is 4.16. The molecular weight excluding hydrogens is 419 g/mol. The van der Waals surface area contributed by atoms with Crippen molar-refractivity contribution < 1.29 is 17.9 Å². The SMILES string of the molecule is NCCC1Cc2c(ccc3ccc(Br)cc23)OC1c1cc(F)c(F)cc1F. The molecule has 2 nitrogen and oxygen atoms in total. The first-order valence-electron chi connectivity index (χ1n) is 8.70. The Balaban J connectivity index is 1.83. The van der Waals surface area contributed by atoms with E-state index in [1.807, 2.05) is 30.3 Å². The first-order chi connectivity index (χ1) is 13.0. The van der Waals surface area contributed by atoms with Crippen molar-refractivity contribution in [1.29, 1.82) is 0 Å². The van der Waals surface area contributed by atoms with Crippen LogP contribution in [0.5, 0.6) is 5.75 Å². The normalized spacial score (nSPS) is 19.0. The molecule has 1 aliphatic rings. The van der Waals surface area contributed by atoms with Crippen molar-refractivity contribution in [3.8, 4) is 5.75 Å². The van der Waals surface area contributed by atoms with Gasteiger partial charge in [0.05, 0.1) is 0 Å². The molecule has 1 heterocycles. The molecule has 140 valence electrons. The number of hydrogen-bond acceptors (Lipinski definition) is 2. The topological polar surface area (TPSA) is 35.2 Å². The van der Waals surface area contributed by atoms with Gasteiger partial charge < -0.3 is 10.5 Å². The Morgan fingerprint density at radius 1 is 1.00 bits per heavy atom. The van der Waals surface area contributed by atoms with Crippen molar-refractivity contribution in [2.45, 2.75) is 18.9 Å². The van der Waals surface area contributed by atoms with Crippen LogP contribution >= 0.6 is 15.9 Å². The van der Waals surface area contributed by atoms with Gasteiger partial charge >= 0.3 is 0 Å². The Labute approximate surface area is 163 Å². The molecule has 0 bridgehead atoms. The zero-order valence-corrected chi connectivity index (χ0v) is 15.9. The maximum atomic E-state index is 14.4. The average Bonchev–Trinajstić information content (AvgIpc) is 2.64. The highest BCUT2D eigenvalue weighted by Gasteiger charge is 2.34. The smallest absolute Gasteiger partial charge is 0.161 e. The molecule has 0 fully saturated rings. The van der Waals surface area contributed by atoms with Crippen molar-refractivity contribution in [1.82, 2.24) is 0 Å². The highest BCUT2D eigenvalue weighted by Crippen LogP contribution is 2.44. The molecule has 0 radical (unpaired) electrons. The van der Waals surface area contributed by atoms with Gasteiger partial charge in [0.25, 0.3) is 0 Å².